The Kier molecular flexibility index (Phi) is 5.15. The number of rotatable bonds is 5. The number of hydrogen-bond donors (Lipinski definition) is 1. The Morgan fingerprint density at radius 1 is 1.25 bits per heavy atom. The summed E-state index contributed by atoms with van der Waals surface area (Å²) in [5.74, 6) is 0.600. The van der Waals surface area contributed by atoms with E-state index in [4.69, 9.17) is 4.74 Å². The topological polar surface area (TPSA) is 21.3 Å². The fourth-order valence-electron chi connectivity index (χ4n) is 2.19. The van der Waals surface area contributed by atoms with Crippen LogP contribution in [0.3, 0.4) is 0 Å². The fourth-order valence-corrected chi connectivity index (χ4v) is 2.74. The van der Waals surface area contributed by atoms with Crippen molar-refractivity contribution in [3.63, 3.8) is 0 Å². The molecule has 0 aliphatic heterocycles. The Morgan fingerprint density at radius 2 is 2.05 bits per heavy atom. The summed E-state index contributed by atoms with van der Waals surface area (Å²) in [6, 6.07) is 12.8. The lowest BCUT2D eigenvalue weighted by Gasteiger charge is -2.18. The molecular formula is C16H17BrFNO. The van der Waals surface area contributed by atoms with Crippen LogP contribution in [0.4, 0.5) is 4.39 Å². The molecule has 0 radical (unpaired) electrons. The number of halogens is 2. The molecule has 0 aromatic heterocycles. The van der Waals surface area contributed by atoms with E-state index in [1.54, 1.807) is 19.2 Å². The maximum Gasteiger partial charge on any atom is 0.133 e. The number of hydrogen-bond acceptors (Lipinski definition) is 2. The van der Waals surface area contributed by atoms with E-state index in [2.05, 4.69) is 21.2 Å². The maximum atomic E-state index is 13.2. The minimum atomic E-state index is -0.201. The van der Waals surface area contributed by atoms with Crippen LogP contribution >= 0.6 is 15.9 Å². The van der Waals surface area contributed by atoms with Gasteiger partial charge in [0.25, 0.3) is 0 Å². The summed E-state index contributed by atoms with van der Waals surface area (Å²) in [5.41, 5.74) is 2.10. The first-order chi connectivity index (χ1) is 9.63. The van der Waals surface area contributed by atoms with Crippen LogP contribution < -0.4 is 10.1 Å². The van der Waals surface area contributed by atoms with E-state index in [1.165, 1.54) is 6.07 Å². The molecule has 4 heteroatoms. The molecule has 2 aromatic carbocycles. The summed E-state index contributed by atoms with van der Waals surface area (Å²) in [6.07, 6.45) is 0.729. The van der Waals surface area contributed by atoms with Gasteiger partial charge in [-0.25, -0.2) is 4.39 Å². The van der Waals surface area contributed by atoms with Gasteiger partial charge in [0.05, 0.1) is 11.6 Å². The molecule has 20 heavy (non-hydrogen) atoms. The second-order valence-electron chi connectivity index (χ2n) is 4.57. The monoisotopic (exact) mass is 337 g/mol. The molecular weight excluding hydrogens is 321 g/mol. The van der Waals surface area contributed by atoms with Gasteiger partial charge in [-0.1, -0.05) is 18.2 Å². The highest BCUT2D eigenvalue weighted by Crippen LogP contribution is 2.29. The summed E-state index contributed by atoms with van der Waals surface area (Å²) in [5, 5.41) is 3.27. The highest BCUT2D eigenvalue weighted by molar-refractivity contribution is 9.10. The van der Waals surface area contributed by atoms with Gasteiger partial charge in [-0.3, -0.25) is 0 Å². The van der Waals surface area contributed by atoms with Gasteiger partial charge in [0, 0.05) is 6.04 Å². The van der Waals surface area contributed by atoms with Gasteiger partial charge in [-0.15, -0.1) is 0 Å². The summed E-state index contributed by atoms with van der Waals surface area (Å²) >= 11 is 3.49. The highest BCUT2D eigenvalue weighted by atomic mass is 79.9. The second kappa shape index (κ2) is 6.86. The smallest absolute Gasteiger partial charge is 0.133 e. The summed E-state index contributed by atoms with van der Waals surface area (Å²) < 4.78 is 19.4. The number of benzene rings is 2. The Labute approximate surface area is 127 Å². The predicted octanol–water partition coefficient (Wildman–Crippen LogP) is 4.10. The van der Waals surface area contributed by atoms with Crippen molar-refractivity contribution >= 4 is 15.9 Å². The van der Waals surface area contributed by atoms with Crippen LogP contribution in [0.5, 0.6) is 5.75 Å². The molecule has 0 heterocycles. The molecule has 0 spiro atoms. The molecule has 1 unspecified atom stereocenters. The van der Waals surface area contributed by atoms with Gasteiger partial charge in [0.1, 0.15) is 11.6 Å². The Morgan fingerprint density at radius 3 is 2.65 bits per heavy atom. The fraction of sp³-hybridized carbons (Fsp3) is 0.250. The van der Waals surface area contributed by atoms with Crippen molar-refractivity contribution in [1.82, 2.24) is 5.32 Å². The van der Waals surface area contributed by atoms with E-state index < -0.39 is 0 Å². The van der Waals surface area contributed by atoms with E-state index in [1.807, 2.05) is 31.3 Å². The molecule has 0 amide bonds. The summed E-state index contributed by atoms with van der Waals surface area (Å²) in [4.78, 5) is 0. The van der Waals surface area contributed by atoms with E-state index in [-0.39, 0.29) is 11.9 Å². The third kappa shape index (κ3) is 3.58. The normalized spacial score (nSPS) is 12.2. The van der Waals surface area contributed by atoms with Crippen LogP contribution in [0.1, 0.15) is 17.2 Å². The zero-order valence-electron chi connectivity index (χ0n) is 11.5. The highest BCUT2D eigenvalue weighted by Gasteiger charge is 2.12. The van der Waals surface area contributed by atoms with Crippen molar-refractivity contribution in [2.75, 3.05) is 14.2 Å². The van der Waals surface area contributed by atoms with Crippen LogP contribution in [0.15, 0.2) is 46.9 Å². The quantitative estimate of drug-likeness (QED) is 0.886. The average molecular weight is 338 g/mol. The average Bonchev–Trinajstić information content (AvgIpc) is 2.44. The lowest BCUT2D eigenvalue weighted by molar-refractivity contribution is 0.411. The van der Waals surface area contributed by atoms with E-state index in [9.17, 15) is 4.39 Å². The van der Waals surface area contributed by atoms with Crippen LogP contribution in [-0.4, -0.2) is 14.2 Å². The minimum Gasteiger partial charge on any atom is -0.496 e. The van der Waals surface area contributed by atoms with Crippen molar-refractivity contribution in [1.29, 1.82) is 0 Å². The summed E-state index contributed by atoms with van der Waals surface area (Å²) in [7, 11) is 3.55. The SMILES string of the molecule is CNC(Cc1cccc(F)c1)c1ccc(OC)c(Br)c1. The van der Waals surface area contributed by atoms with Crippen molar-refractivity contribution < 1.29 is 9.13 Å². The van der Waals surface area contributed by atoms with Gasteiger partial charge in [-0.05, 0) is 64.8 Å². The van der Waals surface area contributed by atoms with Crippen molar-refractivity contribution in [3.05, 3.63) is 63.9 Å². The number of methoxy groups -OCH3 is 1. The standard InChI is InChI=1S/C16H17BrFNO/c1-19-15(9-11-4-3-5-13(18)8-11)12-6-7-16(20-2)14(17)10-12/h3-8,10,15,19H,9H2,1-2H3. The van der Waals surface area contributed by atoms with Crippen molar-refractivity contribution in [2.45, 2.75) is 12.5 Å². The van der Waals surface area contributed by atoms with Gasteiger partial charge in [0.2, 0.25) is 0 Å². The molecule has 106 valence electrons. The lowest BCUT2D eigenvalue weighted by Crippen LogP contribution is -2.19. The Hall–Kier alpha value is -1.39. The van der Waals surface area contributed by atoms with Crippen LogP contribution in [-0.2, 0) is 6.42 Å². The molecule has 0 bridgehead atoms. The third-order valence-electron chi connectivity index (χ3n) is 3.26. The van der Waals surface area contributed by atoms with E-state index in [0.717, 1.165) is 27.8 Å². The first-order valence-electron chi connectivity index (χ1n) is 6.39. The molecule has 1 N–H and O–H groups in total. The van der Waals surface area contributed by atoms with Crippen molar-refractivity contribution in [2.24, 2.45) is 0 Å². The van der Waals surface area contributed by atoms with E-state index >= 15 is 0 Å². The van der Waals surface area contributed by atoms with Gasteiger partial charge in [0.15, 0.2) is 0 Å². The molecule has 2 nitrogen and oxygen atoms in total. The Balaban J connectivity index is 2.22. The molecule has 2 aromatic rings. The molecule has 0 aliphatic carbocycles. The third-order valence-corrected chi connectivity index (χ3v) is 3.88. The molecule has 2 rings (SSSR count). The molecule has 1 atom stereocenters. The predicted molar refractivity (Wildman–Crippen MR) is 82.6 cm³/mol. The van der Waals surface area contributed by atoms with Crippen LogP contribution in [0, 0.1) is 5.82 Å². The minimum absolute atomic E-state index is 0.124. The number of likely N-dealkylation sites (N-methyl/N-ethyl adjacent to an activating group) is 1. The first-order valence-corrected chi connectivity index (χ1v) is 7.18. The zero-order valence-corrected chi connectivity index (χ0v) is 13.1. The largest absolute Gasteiger partial charge is 0.496 e. The van der Waals surface area contributed by atoms with Crippen LogP contribution in [0.25, 0.3) is 0 Å². The first kappa shape index (κ1) is 15.0. The van der Waals surface area contributed by atoms with Crippen LogP contribution in [0.2, 0.25) is 0 Å². The molecule has 0 fully saturated rings. The van der Waals surface area contributed by atoms with Gasteiger partial charge >= 0.3 is 0 Å². The zero-order chi connectivity index (χ0) is 14.5. The lowest BCUT2D eigenvalue weighted by atomic mass is 9.99. The van der Waals surface area contributed by atoms with Gasteiger partial charge < -0.3 is 10.1 Å². The molecule has 0 saturated heterocycles. The maximum absolute atomic E-state index is 13.2. The Bertz CT molecular complexity index is 588. The second-order valence-corrected chi connectivity index (χ2v) is 5.42. The number of ether oxygens (including phenoxy) is 1. The van der Waals surface area contributed by atoms with Gasteiger partial charge in [-0.2, -0.15) is 0 Å². The summed E-state index contributed by atoms with van der Waals surface area (Å²) in [6.45, 7) is 0. The molecule has 0 aliphatic rings. The van der Waals surface area contributed by atoms with Crippen molar-refractivity contribution in [3.8, 4) is 5.75 Å². The molecule has 0 saturated carbocycles. The number of nitrogens with one attached hydrogen (secondary N) is 1. The van der Waals surface area contributed by atoms with E-state index in [0.29, 0.717) is 0 Å².